The summed E-state index contributed by atoms with van der Waals surface area (Å²) in [6.07, 6.45) is 8.69. The largest absolute Gasteiger partial charge is 0.370 e. The maximum Gasteiger partial charge on any atom is 0.0373 e. The summed E-state index contributed by atoms with van der Waals surface area (Å²) >= 11 is 3.55. The third kappa shape index (κ3) is 2.59. The minimum atomic E-state index is 0.644. The summed E-state index contributed by atoms with van der Waals surface area (Å²) in [5, 5.41) is 2.66. The zero-order valence-electron chi connectivity index (χ0n) is 12.4. The second-order valence-corrected chi connectivity index (χ2v) is 7.86. The Morgan fingerprint density at radius 3 is 2.24 bits per heavy atom. The lowest BCUT2D eigenvalue weighted by Crippen LogP contribution is -2.56. The lowest BCUT2D eigenvalue weighted by molar-refractivity contribution is 0.180. The van der Waals surface area contributed by atoms with Gasteiger partial charge < -0.3 is 4.90 Å². The van der Waals surface area contributed by atoms with Gasteiger partial charge in [0.05, 0.1) is 0 Å². The minimum absolute atomic E-state index is 0.644. The molecule has 1 aliphatic heterocycles. The molecule has 1 spiro atoms. The summed E-state index contributed by atoms with van der Waals surface area (Å²) in [5.41, 5.74) is 2.05. The van der Waals surface area contributed by atoms with Crippen LogP contribution in [0.3, 0.4) is 0 Å². The first-order valence-corrected chi connectivity index (χ1v) is 8.98. The Kier molecular flexibility index (Phi) is 3.45. The molecule has 2 fully saturated rings. The van der Waals surface area contributed by atoms with Gasteiger partial charge in [-0.3, -0.25) is 0 Å². The van der Waals surface area contributed by atoms with Crippen molar-refractivity contribution in [2.75, 3.05) is 18.0 Å². The summed E-state index contributed by atoms with van der Waals surface area (Å²) in [6, 6.07) is 13.4. The highest BCUT2D eigenvalue weighted by molar-refractivity contribution is 9.10. The fourth-order valence-corrected chi connectivity index (χ4v) is 4.52. The first kappa shape index (κ1) is 13.6. The average molecular weight is 344 g/mol. The summed E-state index contributed by atoms with van der Waals surface area (Å²) in [7, 11) is 0. The molecule has 21 heavy (non-hydrogen) atoms. The molecular formula is C19H22BrN. The van der Waals surface area contributed by atoms with Crippen molar-refractivity contribution in [3.63, 3.8) is 0 Å². The Hall–Kier alpha value is -1.02. The van der Waals surface area contributed by atoms with E-state index in [1.807, 2.05) is 0 Å². The van der Waals surface area contributed by atoms with Crippen LogP contribution in [0.5, 0.6) is 0 Å². The van der Waals surface area contributed by atoms with Crippen LogP contribution in [0.15, 0.2) is 40.9 Å². The van der Waals surface area contributed by atoms with Gasteiger partial charge in [0.1, 0.15) is 0 Å². The summed E-state index contributed by atoms with van der Waals surface area (Å²) in [4.78, 5) is 2.58. The molecule has 0 radical (unpaired) electrons. The molecule has 0 N–H and O–H groups in total. The Bertz CT molecular complexity index is 648. The molecule has 0 atom stereocenters. The highest BCUT2D eigenvalue weighted by Crippen LogP contribution is 2.44. The van der Waals surface area contributed by atoms with Crippen LogP contribution >= 0.6 is 15.9 Å². The van der Waals surface area contributed by atoms with Crippen LogP contribution in [-0.4, -0.2) is 13.1 Å². The Morgan fingerprint density at radius 2 is 1.48 bits per heavy atom. The van der Waals surface area contributed by atoms with E-state index in [0.29, 0.717) is 5.41 Å². The Morgan fingerprint density at radius 1 is 0.810 bits per heavy atom. The molecule has 2 aromatic rings. The van der Waals surface area contributed by atoms with Gasteiger partial charge in [0.25, 0.3) is 0 Å². The molecule has 0 amide bonds. The van der Waals surface area contributed by atoms with E-state index in [1.165, 1.54) is 68.1 Å². The summed E-state index contributed by atoms with van der Waals surface area (Å²) in [5.74, 6) is 0. The van der Waals surface area contributed by atoms with Crippen molar-refractivity contribution in [2.24, 2.45) is 5.41 Å². The van der Waals surface area contributed by atoms with E-state index in [-0.39, 0.29) is 0 Å². The van der Waals surface area contributed by atoms with Gasteiger partial charge in [-0.2, -0.15) is 0 Å². The number of nitrogens with zero attached hydrogens (tertiary/aromatic N) is 1. The number of rotatable bonds is 1. The molecule has 0 aromatic heterocycles. The predicted molar refractivity (Wildman–Crippen MR) is 94.0 cm³/mol. The number of halogens is 1. The monoisotopic (exact) mass is 343 g/mol. The van der Waals surface area contributed by atoms with Crippen LogP contribution in [0.4, 0.5) is 5.69 Å². The fraction of sp³-hybridized carbons (Fsp3) is 0.474. The highest BCUT2D eigenvalue weighted by Gasteiger charge is 2.42. The number of anilines is 1. The van der Waals surface area contributed by atoms with Crippen LogP contribution in [-0.2, 0) is 0 Å². The molecule has 1 saturated heterocycles. The molecule has 1 heterocycles. The van der Waals surface area contributed by atoms with Gasteiger partial charge in [-0.15, -0.1) is 0 Å². The molecule has 0 bridgehead atoms. The minimum Gasteiger partial charge on any atom is -0.370 e. The first-order valence-electron chi connectivity index (χ1n) is 8.19. The Balaban J connectivity index is 1.54. The molecule has 2 aliphatic rings. The van der Waals surface area contributed by atoms with Gasteiger partial charge in [0.2, 0.25) is 0 Å². The van der Waals surface area contributed by atoms with Crippen LogP contribution in [0.1, 0.15) is 38.5 Å². The molecule has 2 aromatic carbocycles. The van der Waals surface area contributed by atoms with E-state index >= 15 is 0 Å². The van der Waals surface area contributed by atoms with Gasteiger partial charge in [0.15, 0.2) is 0 Å². The lowest BCUT2D eigenvalue weighted by atomic mass is 9.73. The van der Waals surface area contributed by atoms with Gasteiger partial charge >= 0.3 is 0 Å². The van der Waals surface area contributed by atoms with Crippen LogP contribution in [0, 0.1) is 5.41 Å². The molecule has 2 heteroatoms. The van der Waals surface area contributed by atoms with Crippen LogP contribution in [0.25, 0.3) is 10.8 Å². The van der Waals surface area contributed by atoms with Crippen LogP contribution < -0.4 is 4.90 Å². The summed E-state index contributed by atoms with van der Waals surface area (Å²) in [6.45, 7) is 2.55. The van der Waals surface area contributed by atoms with Gasteiger partial charge in [0, 0.05) is 28.7 Å². The van der Waals surface area contributed by atoms with Crippen molar-refractivity contribution in [2.45, 2.75) is 38.5 Å². The lowest BCUT2D eigenvalue weighted by Gasteiger charge is -2.51. The van der Waals surface area contributed by atoms with E-state index < -0.39 is 0 Å². The van der Waals surface area contributed by atoms with E-state index in [4.69, 9.17) is 0 Å². The maximum absolute atomic E-state index is 3.55. The molecule has 110 valence electrons. The number of fused-ring (bicyclic) bond motifs is 1. The van der Waals surface area contributed by atoms with Crippen LogP contribution in [0.2, 0.25) is 0 Å². The second-order valence-electron chi connectivity index (χ2n) is 6.95. The van der Waals surface area contributed by atoms with Gasteiger partial charge in [-0.1, -0.05) is 53.7 Å². The third-order valence-corrected chi connectivity index (χ3v) is 5.86. The smallest absolute Gasteiger partial charge is 0.0373 e. The maximum atomic E-state index is 3.55. The van der Waals surface area contributed by atoms with Gasteiger partial charge in [-0.05, 0) is 47.9 Å². The van der Waals surface area contributed by atoms with Gasteiger partial charge in [-0.25, -0.2) is 0 Å². The zero-order valence-corrected chi connectivity index (χ0v) is 14.0. The topological polar surface area (TPSA) is 3.24 Å². The predicted octanol–water partition coefficient (Wildman–Crippen LogP) is 5.76. The van der Waals surface area contributed by atoms with Crippen molar-refractivity contribution in [3.05, 3.63) is 40.9 Å². The molecule has 1 aliphatic carbocycles. The van der Waals surface area contributed by atoms with Crippen molar-refractivity contribution >= 4 is 32.4 Å². The van der Waals surface area contributed by atoms with Crippen molar-refractivity contribution < 1.29 is 0 Å². The molecule has 0 unspecified atom stereocenters. The normalized spacial score (nSPS) is 21.3. The second kappa shape index (κ2) is 5.31. The van der Waals surface area contributed by atoms with Crippen molar-refractivity contribution in [1.82, 2.24) is 0 Å². The Labute approximate surface area is 135 Å². The average Bonchev–Trinajstić information content (AvgIpc) is 2.71. The fourth-order valence-electron chi connectivity index (χ4n) is 4.14. The van der Waals surface area contributed by atoms with E-state index in [2.05, 4.69) is 57.2 Å². The van der Waals surface area contributed by atoms with E-state index in [0.717, 1.165) is 4.47 Å². The molecule has 4 rings (SSSR count). The first-order chi connectivity index (χ1) is 10.2. The van der Waals surface area contributed by atoms with E-state index in [9.17, 15) is 0 Å². The molecule has 1 saturated carbocycles. The van der Waals surface area contributed by atoms with Crippen molar-refractivity contribution in [1.29, 1.82) is 0 Å². The SMILES string of the molecule is Brc1ccc2cc(N3CC4(CCCCCC4)C3)ccc2c1. The zero-order chi connectivity index (χ0) is 14.3. The number of benzene rings is 2. The number of hydrogen-bond acceptors (Lipinski definition) is 1. The van der Waals surface area contributed by atoms with E-state index in [1.54, 1.807) is 0 Å². The molecule has 1 nitrogen and oxygen atoms in total. The highest BCUT2D eigenvalue weighted by atomic mass is 79.9. The third-order valence-electron chi connectivity index (χ3n) is 5.37. The van der Waals surface area contributed by atoms with Crippen molar-refractivity contribution in [3.8, 4) is 0 Å². The molecular weight excluding hydrogens is 322 g/mol. The number of hydrogen-bond donors (Lipinski definition) is 0. The summed E-state index contributed by atoms with van der Waals surface area (Å²) < 4.78 is 1.16. The standard InChI is InChI=1S/C19H22BrN/c20-17-7-5-16-12-18(8-6-15(16)11-17)21-13-19(14-21)9-3-1-2-4-10-19/h5-8,11-12H,1-4,9-10,13-14H2. The quantitative estimate of drug-likeness (QED) is 0.635.